The fourth-order valence-corrected chi connectivity index (χ4v) is 3.74. The van der Waals surface area contributed by atoms with E-state index in [4.69, 9.17) is 5.73 Å². The lowest BCUT2D eigenvalue weighted by atomic mass is 10.2. The van der Waals surface area contributed by atoms with Crippen molar-refractivity contribution >= 4 is 40.2 Å². The second-order valence-electron chi connectivity index (χ2n) is 7.77. The molecule has 1 atom stereocenters. The van der Waals surface area contributed by atoms with Crippen molar-refractivity contribution in [2.24, 2.45) is 7.05 Å². The van der Waals surface area contributed by atoms with E-state index in [1.165, 1.54) is 0 Å². The van der Waals surface area contributed by atoms with E-state index in [2.05, 4.69) is 32.2 Å². The van der Waals surface area contributed by atoms with Crippen molar-refractivity contribution in [2.45, 2.75) is 13.0 Å². The summed E-state index contributed by atoms with van der Waals surface area (Å²) in [5.41, 5.74) is 8.49. The predicted molar refractivity (Wildman–Crippen MR) is 119 cm³/mol. The minimum absolute atomic E-state index is 0.0679. The van der Waals surface area contributed by atoms with Gasteiger partial charge in [-0.05, 0) is 31.2 Å². The summed E-state index contributed by atoms with van der Waals surface area (Å²) in [4.78, 5) is 27.5. The lowest BCUT2D eigenvalue weighted by Crippen LogP contribution is -2.55. The van der Waals surface area contributed by atoms with Gasteiger partial charge in [0.25, 0.3) is 0 Å². The van der Waals surface area contributed by atoms with Crippen molar-refractivity contribution in [3.63, 3.8) is 0 Å². The molecule has 3 heterocycles. The normalized spacial score (nSPS) is 16.7. The molecule has 0 radical (unpaired) electrons. The van der Waals surface area contributed by atoms with Gasteiger partial charge in [-0.25, -0.2) is 4.79 Å². The Morgan fingerprint density at radius 1 is 1.20 bits per heavy atom. The van der Waals surface area contributed by atoms with Gasteiger partial charge in [0.1, 0.15) is 5.82 Å². The number of hydrogen-bond donors (Lipinski definition) is 2. The molecular formula is C20H27N9O. The summed E-state index contributed by atoms with van der Waals surface area (Å²) < 4.78 is 1.69. The van der Waals surface area contributed by atoms with Gasteiger partial charge in [0, 0.05) is 58.2 Å². The number of fused-ring (bicyclic) bond motifs is 1. The zero-order chi connectivity index (χ0) is 21.4. The molecule has 2 amide bonds. The number of nitrogens with one attached hydrogen (secondary N) is 1. The lowest BCUT2D eigenvalue weighted by molar-refractivity contribution is 0.200. The third-order valence-electron chi connectivity index (χ3n) is 5.41. The summed E-state index contributed by atoms with van der Waals surface area (Å²) in [5.74, 6) is 0.979. The minimum Gasteiger partial charge on any atom is -0.378 e. The van der Waals surface area contributed by atoms with Crippen LogP contribution in [0, 0.1) is 0 Å². The van der Waals surface area contributed by atoms with Gasteiger partial charge in [0.2, 0.25) is 5.95 Å². The number of carbonyl (C=O) groups excluding carboxylic acids is 1. The smallest absolute Gasteiger partial charge is 0.321 e. The Labute approximate surface area is 175 Å². The molecule has 0 bridgehead atoms. The van der Waals surface area contributed by atoms with Crippen molar-refractivity contribution in [1.82, 2.24) is 24.6 Å². The van der Waals surface area contributed by atoms with Crippen LogP contribution in [0.25, 0.3) is 11.0 Å². The third kappa shape index (κ3) is 3.68. The molecule has 1 aliphatic rings. The summed E-state index contributed by atoms with van der Waals surface area (Å²) in [6.45, 7) is 3.88. The van der Waals surface area contributed by atoms with Crippen molar-refractivity contribution in [3.05, 3.63) is 30.5 Å². The van der Waals surface area contributed by atoms with Crippen molar-refractivity contribution in [3.8, 4) is 0 Å². The zero-order valence-electron chi connectivity index (χ0n) is 17.7. The van der Waals surface area contributed by atoms with E-state index >= 15 is 0 Å². The largest absolute Gasteiger partial charge is 0.378 e. The molecule has 1 fully saturated rings. The van der Waals surface area contributed by atoms with E-state index in [9.17, 15) is 4.79 Å². The summed E-state index contributed by atoms with van der Waals surface area (Å²) in [7, 11) is 5.80. The van der Waals surface area contributed by atoms with Crippen LogP contribution < -0.4 is 20.9 Å². The standard InChI is InChI=1S/C20H27N9O/c1-13-12-28(20(30)23-14-5-7-15(8-6-14)26(2)3)9-10-29(13)18-16-11-22-27(4)17(16)24-19(21)25-18/h5-8,11,13H,9-10,12H2,1-4H3,(H,23,30)(H2,21,24,25)/t13-/m0/s1. The molecule has 10 nitrogen and oxygen atoms in total. The molecule has 3 aromatic rings. The van der Waals surface area contributed by atoms with Gasteiger partial charge in [-0.15, -0.1) is 0 Å². The summed E-state index contributed by atoms with van der Waals surface area (Å²) in [6, 6.07) is 7.75. The highest BCUT2D eigenvalue weighted by Gasteiger charge is 2.29. The average Bonchev–Trinajstić information content (AvgIpc) is 3.08. The number of rotatable bonds is 3. The van der Waals surface area contributed by atoms with Crippen LogP contribution in [0.5, 0.6) is 0 Å². The highest BCUT2D eigenvalue weighted by molar-refractivity contribution is 5.90. The first-order valence-corrected chi connectivity index (χ1v) is 9.88. The molecule has 0 saturated carbocycles. The number of amides is 2. The number of benzene rings is 1. The van der Waals surface area contributed by atoms with Crippen LogP contribution in [-0.4, -0.2) is 70.5 Å². The summed E-state index contributed by atoms with van der Waals surface area (Å²) in [5, 5.41) is 8.12. The van der Waals surface area contributed by atoms with Gasteiger partial charge >= 0.3 is 6.03 Å². The fourth-order valence-electron chi connectivity index (χ4n) is 3.74. The molecule has 1 aliphatic heterocycles. The fraction of sp³-hybridized carbons (Fsp3) is 0.400. The molecule has 30 heavy (non-hydrogen) atoms. The first-order valence-electron chi connectivity index (χ1n) is 9.88. The van der Waals surface area contributed by atoms with E-state index < -0.39 is 0 Å². The van der Waals surface area contributed by atoms with E-state index in [1.807, 2.05) is 55.2 Å². The molecule has 0 spiro atoms. The topological polar surface area (TPSA) is 108 Å². The first-order chi connectivity index (χ1) is 14.3. The molecule has 1 aromatic carbocycles. The Kier molecular flexibility index (Phi) is 5.06. The Morgan fingerprint density at radius 3 is 2.60 bits per heavy atom. The molecule has 4 rings (SSSR count). The van der Waals surface area contributed by atoms with Crippen LogP contribution in [0.4, 0.5) is 27.9 Å². The monoisotopic (exact) mass is 409 g/mol. The Morgan fingerprint density at radius 2 is 1.93 bits per heavy atom. The molecular weight excluding hydrogens is 382 g/mol. The first kappa shape index (κ1) is 19.7. The molecule has 2 aromatic heterocycles. The number of nitrogen functional groups attached to an aromatic ring is 1. The number of carbonyl (C=O) groups is 1. The van der Waals surface area contributed by atoms with Gasteiger partial charge in [0.15, 0.2) is 5.65 Å². The van der Waals surface area contributed by atoms with E-state index in [0.29, 0.717) is 25.3 Å². The minimum atomic E-state index is -0.104. The molecule has 3 N–H and O–H groups in total. The van der Waals surface area contributed by atoms with Crippen LogP contribution in [-0.2, 0) is 7.05 Å². The van der Waals surface area contributed by atoms with E-state index in [1.54, 1.807) is 10.9 Å². The summed E-state index contributed by atoms with van der Waals surface area (Å²) in [6.07, 6.45) is 1.76. The highest BCUT2D eigenvalue weighted by Crippen LogP contribution is 2.27. The van der Waals surface area contributed by atoms with Crippen molar-refractivity contribution < 1.29 is 4.79 Å². The van der Waals surface area contributed by atoms with Gasteiger partial charge in [0.05, 0.1) is 11.6 Å². The molecule has 0 aliphatic carbocycles. The maximum atomic E-state index is 12.8. The van der Waals surface area contributed by atoms with Gasteiger partial charge < -0.3 is 25.8 Å². The number of nitrogens with two attached hydrogens (primary N) is 1. The highest BCUT2D eigenvalue weighted by atomic mass is 16.2. The Bertz CT molecular complexity index is 1060. The van der Waals surface area contributed by atoms with Crippen LogP contribution in [0.15, 0.2) is 30.5 Å². The van der Waals surface area contributed by atoms with Crippen LogP contribution in [0.1, 0.15) is 6.92 Å². The third-order valence-corrected chi connectivity index (χ3v) is 5.41. The van der Waals surface area contributed by atoms with E-state index in [0.717, 1.165) is 22.6 Å². The Balaban J connectivity index is 1.46. The number of anilines is 4. The number of piperazine rings is 1. The number of aromatic nitrogens is 4. The van der Waals surface area contributed by atoms with Crippen LogP contribution in [0.3, 0.4) is 0 Å². The number of aryl methyl sites for hydroxylation is 1. The second kappa shape index (κ2) is 7.69. The van der Waals surface area contributed by atoms with Crippen LogP contribution in [0.2, 0.25) is 0 Å². The van der Waals surface area contributed by atoms with Gasteiger partial charge in [-0.2, -0.15) is 15.1 Å². The second-order valence-corrected chi connectivity index (χ2v) is 7.77. The molecule has 158 valence electrons. The quantitative estimate of drug-likeness (QED) is 0.678. The molecule has 0 unspecified atom stereocenters. The molecule has 1 saturated heterocycles. The lowest BCUT2D eigenvalue weighted by Gasteiger charge is -2.40. The Hall–Kier alpha value is -3.56. The predicted octanol–water partition coefficient (Wildman–Crippen LogP) is 1.75. The summed E-state index contributed by atoms with van der Waals surface area (Å²) >= 11 is 0. The molecule has 10 heteroatoms. The number of nitrogens with zero attached hydrogens (tertiary/aromatic N) is 7. The number of hydrogen-bond acceptors (Lipinski definition) is 7. The van der Waals surface area contributed by atoms with Crippen molar-refractivity contribution in [1.29, 1.82) is 0 Å². The van der Waals surface area contributed by atoms with Crippen LogP contribution >= 0.6 is 0 Å². The van der Waals surface area contributed by atoms with Gasteiger partial charge in [-0.1, -0.05) is 0 Å². The average molecular weight is 409 g/mol. The van der Waals surface area contributed by atoms with Crippen molar-refractivity contribution in [2.75, 3.05) is 54.6 Å². The van der Waals surface area contributed by atoms with Gasteiger partial charge in [-0.3, -0.25) is 4.68 Å². The SMILES string of the molecule is C[C@H]1CN(C(=O)Nc2ccc(N(C)C)cc2)CCN1c1nc(N)nc2c1cnn2C. The maximum Gasteiger partial charge on any atom is 0.321 e. The number of urea groups is 1. The maximum absolute atomic E-state index is 12.8. The zero-order valence-corrected chi connectivity index (χ0v) is 17.7. The van der Waals surface area contributed by atoms with E-state index in [-0.39, 0.29) is 18.0 Å².